The molecular formula is C25H21ClF3N3O3. The van der Waals surface area contributed by atoms with Crippen LogP contribution in [0.3, 0.4) is 0 Å². The van der Waals surface area contributed by atoms with Crippen molar-refractivity contribution in [2.45, 2.75) is 56.0 Å². The molecule has 3 saturated carbocycles. The lowest BCUT2D eigenvalue weighted by Gasteiger charge is -2.71. The van der Waals surface area contributed by atoms with Crippen LogP contribution in [0.1, 0.15) is 49.5 Å². The molecule has 1 aromatic carbocycles. The Hall–Kier alpha value is -2.91. The van der Waals surface area contributed by atoms with Crippen LogP contribution in [0.4, 0.5) is 13.2 Å². The van der Waals surface area contributed by atoms with Gasteiger partial charge in [0.1, 0.15) is 11.4 Å². The lowest BCUT2D eigenvalue weighted by atomic mass is 9.38. The van der Waals surface area contributed by atoms with Crippen molar-refractivity contribution >= 4 is 17.4 Å². The highest BCUT2D eigenvalue weighted by atomic mass is 35.5. The number of carbonyl (C=O) groups excluding carboxylic acids is 1. The molecule has 3 aromatic rings. The van der Waals surface area contributed by atoms with Crippen molar-refractivity contribution < 1.29 is 27.8 Å². The number of carbonyl (C=O) groups is 1. The molecule has 35 heavy (non-hydrogen) atoms. The van der Waals surface area contributed by atoms with Crippen LogP contribution in [-0.4, -0.2) is 31.5 Å². The van der Waals surface area contributed by atoms with Gasteiger partial charge in [0.2, 0.25) is 0 Å². The molecule has 0 spiro atoms. The smallest absolute Gasteiger partial charge is 0.433 e. The molecule has 4 aliphatic rings. The Labute approximate surface area is 203 Å². The second-order valence-corrected chi connectivity index (χ2v) is 10.5. The fourth-order valence-electron chi connectivity index (χ4n) is 5.94. The average molecular weight is 504 g/mol. The zero-order chi connectivity index (χ0) is 24.6. The van der Waals surface area contributed by atoms with Gasteiger partial charge in [-0.2, -0.15) is 13.2 Å². The molecule has 6 nitrogen and oxygen atoms in total. The van der Waals surface area contributed by atoms with Crippen LogP contribution in [-0.2, 0) is 16.5 Å². The van der Waals surface area contributed by atoms with Gasteiger partial charge < -0.3 is 14.4 Å². The van der Waals surface area contributed by atoms with Crippen molar-refractivity contribution in [2.75, 3.05) is 0 Å². The van der Waals surface area contributed by atoms with Crippen molar-refractivity contribution in [3.05, 3.63) is 65.3 Å². The van der Waals surface area contributed by atoms with Gasteiger partial charge in [-0.3, -0.25) is 9.78 Å². The summed E-state index contributed by atoms with van der Waals surface area (Å²) in [6.45, 7) is 0. The van der Waals surface area contributed by atoms with Crippen molar-refractivity contribution in [2.24, 2.45) is 5.41 Å². The van der Waals surface area contributed by atoms with Crippen molar-refractivity contribution in [3.63, 3.8) is 0 Å². The third-order valence-electron chi connectivity index (χ3n) is 7.54. The topological polar surface area (TPSA) is 77.2 Å². The first-order chi connectivity index (χ1) is 16.6. The highest BCUT2D eigenvalue weighted by molar-refractivity contribution is 6.30. The molecule has 7 rings (SSSR count). The number of imidazole rings is 1. The number of ketones is 1. The molecule has 1 aliphatic heterocycles. The summed E-state index contributed by atoms with van der Waals surface area (Å²) in [6.07, 6.45) is 1.83. The molecule has 1 N–H and O–H groups in total. The second-order valence-electron chi connectivity index (χ2n) is 10.0. The monoisotopic (exact) mass is 503 g/mol. The van der Waals surface area contributed by atoms with E-state index < -0.39 is 24.1 Å². The number of alkyl halides is 3. The summed E-state index contributed by atoms with van der Waals surface area (Å²) in [5.74, 6) is 0.476. The highest BCUT2D eigenvalue weighted by Gasteiger charge is 2.69. The van der Waals surface area contributed by atoms with Crippen LogP contribution >= 0.6 is 11.6 Å². The van der Waals surface area contributed by atoms with E-state index in [1.807, 2.05) is 10.8 Å². The first kappa shape index (κ1) is 22.5. The molecular weight excluding hydrogens is 483 g/mol. The number of ether oxygens (including phenoxy) is 1. The average Bonchev–Trinajstić information content (AvgIpc) is 3.25. The van der Waals surface area contributed by atoms with E-state index in [-0.39, 0.29) is 23.2 Å². The molecule has 3 fully saturated rings. The predicted molar refractivity (Wildman–Crippen MR) is 120 cm³/mol. The minimum atomic E-state index is -4.48. The number of pyridine rings is 1. The lowest BCUT2D eigenvalue weighted by molar-refractivity contribution is -0.195. The van der Waals surface area contributed by atoms with Crippen molar-refractivity contribution in [1.82, 2.24) is 14.5 Å². The Kier molecular flexibility index (Phi) is 4.86. The van der Waals surface area contributed by atoms with Gasteiger partial charge in [-0.1, -0.05) is 11.6 Å². The third kappa shape index (κ3) is 3.72. The number of halogens is 4. The summed E-state index contributed by atoms with van der Waals surface area (Å²) < 4.78 is 46.2. The standard InChI is InChI=1S/C25H21ClF3N3O3/c26-15-2-3-20-16(5-15)18(33)6-21(35-20)19(34)7-23-10-24(11-23,12-23)32-9-17(31-13-32)14-1-4-22(30-8-14)25(27,28)29/h1-5,8-9,13,18,21,33H,6-7,10-12H2/t18-,21+,23?,24?/m1/s1. The van der Waals surface area contributed by atoms with E-state index in [1.165, 1.54) is 12.3 Å². The maximum atomic E-state index is 13.0. The number of nitrogens with zero attached hydrogens (tertiary/aromatic N) is 3. The van der Waals surface area contributed by atoms with Gasteiger partial charge >= 0.3 is 6.18 Å². The molecule has 10 heteroatoms. The maximum absolute atomic E-state index is 13.0. The van der Waals surface area contributed by atoms with Crippen LogP contribution < -0.4 is 4.74 Å². The normalized spacial score (nSPS) is 28.9. The fraction of sp³-hybridized carbons (Fsp3) is 0.400. The molecule has 2 bridgehead atoms. The van der Waals surface area contributed by atoms with E-state index in [4.69, 9.17) is 16.3 Å². The largest absolute Gasteiger partial charge is 0.482 e. The van der Waals surface area contributed by atoms with E-state index >= 15 is 0 Å². The minimum Gasteiger partial charge on any atom is -0.482 e. The number of hydrogen-bond acceptors (Lipinski definition) is 5. The lowest BCUT2D eigenvalue weighted by Crippen LogP contribution is -2.68. The molecule has 0 unspecified atom stereocenters. The Bertz CT molecular complexity index is 1300. The molecule has 182 valence electrons. The van der Waals surface area contributed by atoms with E-state index in [0.717, 1.165) is 25.3 Å². The molecule has 3 heterocycles. The van der Waals surface area contributed by atoms with Gasteiger partial charge in [0, 0.05) is 46.9 Å². The summed E-state index contributed by atoms with van der Waals surface area (Å²) in [5.41, 5.74) is 0.554. The summed E-state index contributed by atoms with van der Waals surface area (Å²) >= 11 is 6.00. The first-order valence-corrected chi connectivity index (χ1v) is 11.7. The van der Waals surface area contributed by atoms with Crippen molar-refractivity contribution in [1.29, 1.82) is 0 Å². The number of aliphatic hydroxyl groups is 1. The van der Waals surface area contributed by atoms with Gasteiger partial charge in [-0.05, 0) is 55.0 Å². The van der Waals surface area contributed by atoms with Crippen LogP contribution in [0.25, 0.3) is 11.3 Å². The molecule has 3 aliphatic carbocycles. The van der Waals surface area contributed by atoms with Gasteiger partial charge in [0.15, 0.2) is 11.9 Å². The van der Waals surface area contributed by atoms with E-state index in [9.17, 15) is 23.1 Å². The van der Waals surface area contributed by atoms with E-state index in [2.05, 4.69) is 9.97 Å². The third-order valence-corrected chi connectivity index (χ3v) is 7.77. The summed E-state index contributed by atoms with van der Waals surface area (Å²) in [4.78, 5) is 20.9. The van der Waals surface area contributed by atoms with Crippen LogP contribution in [0.5, 0.6) is 5.75 Å². The van der Waals surface area contributed by atoms with Gasteiger partial charge in [0.05, 0.1) is 18.1 Å². The van der Waals surface area contributed by atoms with Gasteiger partial charge in [0.25, 0.3) is 0 Å². The number of Topliss-reactive ketones (excluding diaryl/α,β-unsaturated/α-hetero) is 1. The zero-order valence-corrected chi connectivity index (χ0v) is 19.2. The van der Waals surface area contributed by atoms with Gasteiger partial charge in [-0.15, -0.1) is 0 Å². The van der Waals surface area contributed by atoms with E-state index in [1.54, 1.807) is 24.5 Å². The van der Waals surface area contributed by atoms with Gasteiger partial charge in [-0.25, -0.2) is 4.98 Å². The number of aliphatic hydroxyl groups excluding tert-OH is 1. The number of aromatic nitrogens is 3. The van der Waals surface area contributed by atoms with Crippen LogP contribution in [0, 0.1) is 5.41 Å². The number of hydrogen-bond donors (Lipinski definition) is 1. The Morgan fingerprint density at radius 1 is 1.20 bits per heavy atom. The number of rotatable bonds is 5. The number of fused-ring (bicyclic) bond motifs is 1. The summed E-state index contributed by atoms with van der Waals surface area (Å²) in [7, 11) is 0. The Morgan fingerprint density at radius 3 is 2.66 bits per heavy atom. The number of benzene rings is 1. The Balaban J connectivity index is 1.09. The molecule has 2 atom stereocenters. The quantitative estimate of drug-likeness (QED) is 0.508. The summed E-state index contributed by atoms with van der Waals surface area (Å²) in [5, 5.41) is 11.0. The summed E-state index contributed by atoms with van der Waals surface area (Å²) in [6, 6.07) is 7.33. The SMILES string of the molecule is O=C(CC12CC(n3cnc(-c4ccc(C(F)(F)F)nc4)c3)(C1)C2)[C@@H]1C[C@@H](O)c2cc(Cl)ccc2O1. The molecule has 0 radical (unpaired) electrons. The van der Waals surface area contributed by atoms with Crippen LogP contribution in [0.2, 0.25) is 5.02 Å². The van der Waals surface area contributed by atoms with Crippen LogP contribution in [0.15, 0.2) is 49.1 Å². The molecule has 0 saturated heterocycles. The highest BCUT2D eigenvalue weighted by Crippen LogP contribution is 2.73. The maximum Gasteiger partial charge on any atom is 0.433 e. The first-order valence-electron chi connectivity index (χ1n) is 11.3. The fourth-order valence-corrected chi connectivity index (χ4v) is 6.12. The minimum absolute atomic E-state index is 0.0138. The second kappa shape index (κ2) is 7.54. The Morgan fingerprint density at radius 2 is 1.97 bits per heavy atom. The van der Waals surface area contributed by atoms with Crippen molar-refractivity contribution in [3.8, 4) is 17.0 Å². The van der Waals surface area contributed by atoms with E-state index in [0.29, 0.717) is 34.0 Å². The predicted octanol–water partition coefficient (Wildman–Crippen LogP) is 5.34. The zero-order valence-electron chi connectivity index (χ0n) is 18.4. The molecule has 2 aromatic heterocycles. The molecule has 0 amide bonds.